The molecule has 0 unspecified atom stereocenters. The lowest BCUT2D eigenvalue weighted by molar-refractivity contribution is -0.137. The molecule has 0 atom stereocenters. The first-order valence-electron chi connectivity index (χ1n) is 10.1. The zero-order valence-electron chi connectivity index (χ0n) is 18.6. The molecule has 0 radical (unpaired) electrons. The highest BCUT2D eigenvalue weighted by Gasteiger charge is 2.35. The molecule has 0 bridgehead atoms. The molecular weight excluding hydrogens is 489 g/mol. The summed E-state index contributed by atoms with van der Waals surface area (Å²) >= 11 is 5.69. The maximum absolute atomic E-state index is 13.5. The molecule has 180 valence electrons. The highest BCUT2D eigenvalue weighted by molar-refractivity contribution is 7.92. The van der Waals surface area contributed by atoms with Gasteiger partial charge in [-0.05, 0) is 68.3 Å². The van der Waals surface area contributed by atoms with Gasteiger partial charge in [-0.15, -0.1) is 0 Å². The largest absolute Gasteiger partial charge is 0.418 e. The second-order valence-electron chi connectivity index (χ2n) is 7.78. The summed E-state index contributed by atoms with van der Waals surface area (Å²) in [7, 11) is -4.21. The Hall–Kier alpha value is -3.04. The summed E-state index contributed by atoms with van der Waals surface area (Å²) in [6.07, 6.45) is -4.77. The predicted octanol–water partition coefficient (Wildman–Crippen LogP) is 6.12. The van der Waals surface area contributed by atoms with Crippen molar-refractivity contribution < 1.29 is 26.4 Å². The highest BCUT2D eigenvalue weighted by Crippen LogP contribution is 2.36. The van der Waals surface area contributed by atoms with E-state index in [1.807, 2.05) is 0 Å². The van der Waals surface area contributed by atoms with Crippen molar-refractivity contribution in [2.45, 2.75) is 31.8 Å². The topological polar surface area (TPSA) is 66.5 Å². The molecule has 3 aromatic rings. The molecule has 1 N–H and O–H groups in total. The summed E-state index contributed by atoms with van der Waals surface area (Å²) < 4.78 is 68.2. The van der Waals surface area contributed by atoms with Crippen LogP contribution in [0.15, 0.2) is 65.6 Å². The van der Waals surface area contributed by atoms with Crippen LogP contribution in [0.4, 0.5) is 24.5 Å². The Morgan fingerprint density at radius 2 is 1.65 bits per heavy atom. The molecule has 10 heteroatoms. The molecule has 34 heavy (non-hydrogen) atoms. The van der Waals surface area contributed by atoms with Crippen LogP contribution in [-0.4, -0.2) is 20.9 Å². The average molecular weight is 511 g/mol. The van der Waals surface area contributed by atoms with Gasteiger partial charge in [-0.1, -0.05) is 41.4 Å². The molecular formula is C24H22ClF3N2O3S. The average Bonchev–Trinajstić information content (AvgIpc) is 2.75. The van der Waals surface area contributed by atoms with Gasteiger partial charge in [-0.3, -0.25) is 9.10 Å². The van der Waals surface area contributed by atoms with E-state index in [0.29, 0.717) is 11.6 Å². The Labute approximate surface area is 201 Å². The van der Waals surface area contributed by atoms with Crippen molar-refractivity contribution in [3.05, 3.63) is 87.9 Å². The zero-order chi connectivity index (χ0) is 25.3. The maximum Gasteiger partial charge on any atom is 0.418 e. The van der Waals surface area contributed by atoms with Crippen LogP contribution in [0.5, 0.6) is 0 Å². The molecule has 0 heterocycles. The van der Waals surface area contributed by atoms with Gasteiger partial charge >= 0.3 is 6.18 Å². The minimum atomic E-state index is -4.77. The summed E-state index contributed by atoms with van der Waals surface area (Å²) in [4.78, 5) is 12.8. The number of anilines is 2. The smallest absolute Gasteiger partial charge is 0.324 e. The van der Waals surface area contributed by atoms with Gasteiger partial charge in [0, 0.05) is 5.02 Å². The summed E-state index contributed by atoms with van der Waals surface area (Å²) in [5, 5.41) is 2.04. The Bertz CT molecular complexity index is 1320. The fraction of sp³-hybridized carbons (Fsp3) is 0.208. The molecule has 3 rings (SSSR count). The van der Waals surface area contributed by atoms with Crippen LogP contribution in [0.25, 0.3) is 0 Å². The number of benzene rings is 3. The Kier molecular flexibility index (Phi) is 7.28. The van der Waals surface area contributed by atoms with Gasteiger partial charge in [-0.2, -0.15) is 13.2 Å². The van der Waals surface area contributed by atoms with E-state index in [2.05, 4.69) is 5.32 Å². The molecule has 0 spiro atoms. The van der Waals surface area contributed by atoms with E-state index in [1.54, 1.807) is 51.1 Å². The quantitative estimate of drug-likeness (QED) is 0.434. The van der Waals surface area contributed by atoms with Gasteiger partial charge in [-0.25, -0.2) is 8.42 Å². The van der Waals surface area contributed by atoms with E-state index in [1.165, 1.54) is 18.2 Å². The third-order valence-corrected chi connectivity index (χ3v) is 7.31. The number of hydrogen-bond acceptors (Lipinski definition) is 3. The molecule has 0 aromatic heterocycles. The molecule has 3 aromatic carbocycles. The Balaban J connectivity index is 2.03. The van der Waals surface area contributed by atoms with E-state index in [0.717, 1.165) is 21.5 Å². The maximum atomic E-state index is 13.5. The number of nitrogens with one attached hydrogen (secondary N) is 1. The Morgan fingerprint density at radius 3 is 2.26 bits per heavy atom. The van der Waals surface area contributed by atoms with Gasteiger partial charge in [0.25, 0.3) is 10.0 Å². The van der Waals surface area contributed by atoms with Crippen LogP contribution in [0.3, 0.4) is 0 Å². The summed E-state index contributed by atoms with van der Waals surface area (Å²) in [6.45, 7) is 4.57. The molecule has 0 aliphatic rings. The second kappa shape index (κ2) is 9.68. The fourth-order valence-electron chi connectivity index (χ4n) is 3.32. The van der Waals surface area contributed by atoms with Crippen molar-refractivity contribution in [2.75, 3.05) is 16.2 Å². The third-order valence-electron chi connectivity index (χ3n) is 5.30. The minimum absolute atomic E-state index is 0.0470. The van der Waals surface area contributed by atoms with Gasteiger partial charge in [0.1, 0.15) is 6.54 Å². The molecule has 5 nitrogen and oxygen atoms in total. The minimum Gasteiger partial charge on any atom is -0.324 e. The number of alkyl halides is 3. The highest BCUT2D eigenvalue weighted by atomic mass is 35.5. The molecule has 0 aliphatic heterocycles. The first kappa shape index (κ1) is 25.6. The second-order valence-corrected chi connectivity index (χ2v) is 10.1. The van der Waals surface area contributed by atoms with Gasteiger partial charge < -0.3 is 5.32 Å². The standard InChI is InChI=1S/C24H22ClF3N2O3S/c1-15-7-10-19(11-8-15)34(32,33)30(22-6-4-5-16(2)17(22)3)14-23(31)29-21-12-9-18(25)13-20(21)24(26,27)28/h4-13H,14H2,1-3H3,(H,29,31). The van der Waals surface area contributed by atoms with E-state index < -0.39 is 39.9 Å². The van der Waals surface area contributed by atoms with E-state index in [4.69, 9.17) is 11.6 Å². The number of carbonyl (C=O) groups is 1. The molecule has 0 fully saturated rings. The van der Waals surface area contributed by atoms with Crippen LogP contribution < -0.4 is 9.62 Å². The van der Waals surface area contributed by atoms with Crippen molar-refractivity contribution in [2.24, 2.45) is 0 Å². The SMILES string of the molecule is Cc1ccc(S(=O)(=O)N(CC(=O)Nc2ccc(Cl)cc2C(F)(F)F)c2cccc(C)c2C)cc1. The normalized spacial score (nSPS) is 11.9. The van der Waals surface area contributed by atoms with Crippen molar-refractivity contribution in [3.63, 3.8) is 0 Å². The molecule has 0 aliphatic carbocycles. The van der Waals surface area contributed by atoms with E-state index in [-0.39, 0.29) is 15.6 Å². The molecule has 0 saturated carbocycles. The first-order valence-corrected chi connectivity index (χ1v) is 11.9. The number of sulfonamides is 1. The van der Waals surface area contributed by atoms with Crippen molar-refractivity contribution in [1.82, 2.24) is 0 Å². The van der Waals surface area contributed by atoms with Crippen LogP contribution in [0.1, 0.15) is 22.3 Å². The molecule has 0 saturated heterocycles. The van der Waals surface area contributed by atoms with Crippen LogP contribution >= 0.6 is 11.6 Å². The number of nitrogens with zero attached hydrogens (tertiary/aromatic N) is 1. The fourth-order valence-corrected chi connectivity index (χ4v) is 4.97. The van der Waals surface area contributed by atoms with Crippen LogP contribution in [0.2, 0.25) is 5.02 Å². The number of rotatable bonds is 6. The van der Waals surface area contributed by atoms with Crippen LogP contribution in [-0.2, 0) is 21.0 Å². The van der Waals surface area contributed by atoms with E-state index >= 15 is 0 Å². The lowest BCUT2D eigenvalue weighted by Gasteiger charge is -2.26. The number of carbonyl (C=O) groups excluding carboxylic acids is 1. The molecule has 1 amide bonds. The zero-order valence-corrected chi connectivity index (χ0v) is 20.1. The van der Waals surface area contributed by atoms with E-state index in [9.17, 15) is 26.4 Å². The monoisotopic (exact) mass is 510 g/mol. The lowest BCUT2D eigenvalue weighted by Crippen LogP contribution is -2.39. The first-order chi connectivity index (χ1) is 15.8. The van der Waals surface area contributed by atoms with Gasteiger partial charge in [0.2, 0.25) is 5.91 Å². The van der Waals surface area contributed by atoms with Gasteiger partial charge in [0.05, 0.1) is 21.8 Å². The third kappa shape index (κ3) is 5.53. The predicted molar refractivity (Wildman–Crippen MR) is 127 cm³/mol. The lowest BCUT2D eigenvalue weighted by atomic mass is 10.1. The summed E-state index contributed by atoms with van der Waals surface area (Å²) in [5.74, 6) is -0.940. The number of hydrogen-bond donors (Lipinski definition) is 1. The van der Waals surface area contributed by atoms with Gasteiger partial charge in [0.15, 0.2) is 0 Å². The summed E-state index contributed by atoms with van der Waals surface area (Å²) in [5.41, 5.74) is 0.858. The number of amides is 1. The van der Waals surface area contributed by atoms with Crippen molar-refractivity contribution in [3.8, 4) is 0 Å². The number of halogens is 4. The van der Waals surface area contributed by atoms with Crippen LogP contribution in [0, 0.1) is 20.8 Å². The summed E-state index contributed by atoms with van der Waals surface area (Å²) in [6, 6.07) is 14.0. The number of aryl methyl sites for hydroxylation is 2. The Morgan fingerprint density at radius 1 is 1.00 bits per heavy atom. The van der Waals surface area contributed by atoms with Crippen molar-refractivity contribution in [1.29, 1.82) is 0 Å². The van der Waals surface area contributed by atoms with Crippen molar-refractivity contribution >= 4 is 38.9 Å².